The van der Waals surface area contributed by atoms with Gasteiger partial charge in [0, 0.05) is 56.6 Å². The standard InChI is InChI=1S/C28H34N8O3/c1-2-3-8-30-23-13-25(31-15-21(23)14-29)33-28(39)36-9-4-5-19-12-20(24(18-37)32-27(19)36)16-35-11-10-34(17-26(35)38)22-6-7-22/h12-13,15,18,22H,2-11,16-17H2,1H3,(H2,30,31,33,39). The highest BCUT2D eigenvalue weighted by molar-refractivity contribution is 6.02. The molecule has 11 nitrogen and oxygen atoms in total. The molecule has 0 bridgehead atoms. The highest BCUT2D eigenvalue weighted by atomic mass is 16.2. The van der Waals surface area contributed by atoms with E-state index in [1.807, 2.05) is 6.07 Å². The van der Waals surface area contributed by atoms with Gasteiger partial charge in [0.1, 0.15) is 23.4 Å². The molecule has 39 heavy (non-hydrogen) atoms. The van der Waals surface area contributed by atoms with E-state index >= 15 is 0 Å². The maximum absolute atomic E-state index is 13.3. The highest BCUT2D eigenvalue weighted by Gasteiger charge is 2.35. The molecule has 5 rings (SSSR count). The number of anilines is 3. The van der Waals surface area contributed by atoms with Gasteiger partial charge in [-0.25, -0.2) is 14.8 Å². The zero-order chi connectivity index (χ0) is 27.4. The van der Waals surface area contributed by atoms with Gasteiger partial charge < -0.3 is 10.2 Å². The predicted octanol–water partition coefficient (Wildman–Crippen LogP) is 3.16. The number of nitrogens with zero attached hydrogens (tertiary/aromatic N) is 6. The normalized spacial score (nSPS) is 17.4. The Morgan fingerprint density at radius 1 is 1.26 bits per heavy atom. The number of amides is 3. The molecular weight excluding hydrogens is 496 g/mol. The Kier molecular flexibility index (Phi) is 8.02. The van der Waals surface area contributed by atoms with Gasteiger partial charge in [-0.3, -0.25) is 24.7 Å². The second-order valence-electron chi connectivity index (χ2n) is 10.3. The van der Waals surface area contributed by atoms with Crippen LogP contribution < -0.4 is 15.5 Å². The van der Waals surface area contributed by atoms with Gasteiger partial charge in [0.2, 0.25) is 5.91 Å². The summed E-state index contributed by atoms with van der Waals surface area (Å²) in [4.78, 5) is 52.5. The number of unbranched alkanes of at least 4 members (excludes halogenated alkanes) is 1. The topological polar surface area (TPSA) is 135 Å². The molecule has 0 radical (unpaired) electrons. The van der Waals surface area contributed by atoms with Gasteiger partial charge in [-0.15, -0.1) is 0 Å². The Labute approximate surface area is 228 Å². The molecule has 2 N–H and O–H groups in total. The Hall–Kier alpha value is -4.04. The van der Waals surface area contributed by atoms with Crippen LogP contribution in [0.25, 0.3) is 0 Å². The van der Waals surface area contributed by atoms with Crippen LogP contribution in [-0.2, 0) is 17.8 Å². The number of pyridine rings is 2. The first kappa shape index (κ1) is 26.6. The number of rotatable bonds is 9. The monoisotopic (exact) mass is 530 g/mol. The lowest BCUT2D eigenvalue weighted by Crippen LogP contribution is -2.50. The van der Waals surface area contributed by atoms with E-state index < -0.39 is 6.03 Å². The number of nitriles is 1. The number of carbonyl (C=O) groups excluding carboxylic acids is 3. The molecule has 2 aromatic rings. The van der Waals surface area contributed by atoms with E-state index in [9.17, 15) is 19.6 Å². The van der Waals surface area contributed by atoms with Crippen molar-refractivity contribution in [2.75, 3.05) is 48.3 Å². The molecular formula is C28H34N8O3. The van der Waals surface area contributed by atoms with Crippen molar-refractivity contribution in [2.24, 2.45) is 0 Å². The molecule has 0 spiro atoms. The summed E-state index contributed by atoms with van der Waals surface area (Å²) >= 11 is 0. The Balaban J connectivity index is 1.31. The van der Waals surface area contributed by atoms with Gasteiger partial charge >= 0.3 is 6.03 Å². The SMILES string of the molecule is CCCCNc1cc(NC(=O)N2CCCc3cc(CN4CCN(C5CC5)CC4=O)c(C=O)nc32)ncc1C#N. The quantitative estimate of drug-likeness (QED) is 0.373. The molecule has 3 aliphatic rings. The lowest BCUT2D eigenvalue weighted by Gasteiger charge is -2.35. The maximum atomic E-state index is 13.3. The average molecular weight is 531 g/mol. The third-order valence-electron chi connectivity index (χ3n) is 7.51. The first-order valence-electron chi connectivity index (χ1n) is 13.7. The number of urea groups is 1. The fraction of sp³-hybridized carbons (Fsp3) is 0.500. The van der Waals surface area contributed by atoms with E-state index in [0.29, 0.717) is 73.5 Å². The third-order valence-corrected chi connectivity index (χ3v) is 7.51. The van der Waals surface area contributed by atoms with Crippen molar-refractivity contribution >= 4 is 35.5 Å². The van der Waals surface area contributed by atoms with Crippen LogP contribution in [0.3, 0.4) is 0 Å². The molecule has 3 amide bonds. The summed E-state index contributed by atoms with van der Waals surface area (Å²) in [6.45, 7) is 5.48. The summed E-state index contributed by atoms with van der Waals surface area (Å²) in [5.74, 6) is 0.841. The first-order chi connectivity index (χ1) is 19.0. The summed E-state index contributed by atoms with van der Waals surface area (Å²) in [6.07, 6.45) is 7.91. The fourth-order valence-electron chi connectivity index (χ4n) is 5.17. The van der Waals surface area contributed by atoms with Gasteiger partial charge in [0.05, 0.1) is 17.8 Å². The summed E-state index contributed by atoms with van der Waals surface area (Å²) in [7, 11) is 0. The van der Waals surface area contributed by atoms with E-state index in [1.54, 1.807) is 11.0 Å². The number of fused-ring (bicyclic) bond motifs is 1. The van der Waals surface area contributed by atoms with Gasteiger partial charge in [-0.2, -0.15) is 5.26 Å². The van der Waals surface area contributed by atoms with Crippen molar-refractivity contribution < 1.29 is 14.4 Å². The maximum Gasteiger partial charge on any atom is 0.328 e. The summed E-state index contributed by atoms with van der Waals surface area (Å²) in [5.41, 5.74) is 2.84. The Morgan fingerprint density at radius 2 is 2.10 bits per heavy atom. The molecule has 4 heterocycles. The van der Waals surface area contributed by atoms with Crippen molar-refractivity contribution in [1.29, 1.82) is 5.26 Å². The highest BCUT2D eigenvalue weighted by Crippen LogP contribution is 2.30. The van der Waals surface area contributed by atoms with Crippen molar-refractivity contribution in [2.45, 2.75) is 58.0 Å². The smallest absolute Gasteiger partial charge is 0.328 e. The molecule has 1 saturated heterocycles. The van der Waals surface area contributed by atoms with E-state index in [4.69, 9.17) is 0 Å². The number of nitrogens with one attached hydrogen (secondary N) is 2. The average Bonchev–Trinajstić information content (AvgIpc) is 3.79. The van der Waals surface area contributed by atoms with Gasteiger partial charge in [-0.05, 0) is 43.7 Å². The zero-order valence-electron chi connectivity index (χ0n) is 22.3. The number of hydrogen-bond acceptors (Lipinski definition) is 8. The van der Waals surface area contributed by atoms with Crippen molar-refractivity contribution in [1.82, 2.24) is 19.8 Å². The number of aryl methyl sites for hydroxylation is 1. The minimum absolute atomic E-state index is 0.0715. The van der Waals surface area contributed by atoms with Crippen LogP contribution in [0, 0.1) is 11.3 Å². The van der Waals surface area contributed by atoms with E-state index in [1.165, 1.54) is 23.9 Å². The number of aromatic nitrogens is 2. The van der Waals surface area contributed by atoms with Crippen molar-refractivity contribution in [3.05, 3.63) is 40.7 Å². The Bertz CT molecular complexity index is 1300. The first-order valence-corrected chi connectivity index (χ1v) is 13.7. The van der Waals surface area contributed by atoms with Crippen molar-refractivity contribution in [3.8, 4) is 6.07 Å². The van der Waals surface area contributed by atoms with Crippen LogP contribution in [0.2, 0.25) is 0 Å². The number of hydrogen-bond donors (Lipinski definition) is 2. The Morgan fingerprint density at radius 3 is 2.82 bits per heavy atom. The van der Waals surface area contributed by atoms with E-state index in [-0.39, 0.29) is 11.6 Å². The lowest BCUT2D eigenvalue weighted by atomic mass is 10.0. The minimum atomic E-state index is -0.406. The van der Waals surface area contributed by atoms with E-state index in [2.05, 4.69) is 38.5 Å². The van der Waals surface area contributed by atoms with Gasteiger partial charge in [-0.1, -0.05) is 13.3 Å². The van der Waals surface area contributed by atoms with Crippen LogP contribution in [0.4, 0.5) is 22.1 Å². The van der Waals surface area contributed by atoms with Crippen LogP contribution in [0.15, 0.2) is 18.3 Å². The van der Waals surface area contributed by atoms with Crippen molar-refractivity contribution in [3.63, 3.8) is 0 Å². The summed E-state index contributed by atoms with van der Waals surface area (Å²) in [6, 6.07) is 5.84. The molecule has 0 aromatic carbocycles. The summed E-state index contributed by atoms with van der Waals surface area (Å²) < 4.78 is 0. The zero-order valence-corrected chi connectivity index (χ0v) is 22.3. The number of carbonyl (C=O) groups is 3. The third kappa shape index (κ3) is 6.01. The van der Waals surface area contributed by atoms with Crippen LogP contribution in [0.5, 0.6) is 0 Å². The molecule has 2 fully saturated rings. The second kappa shape index (κ2) is 11.8. The van der Waals surface area contributed by atoms with Crippen LogP contribution in [-0.4, -0.2) is 76.8 Å². The fourth-order valence-corrected chi connectivity index (χ4v) is 5.17. The molecule has 0 unspecified atom stereocenters. The predicted molar refractivity (Wildman–Crippen MR) is 147 cm³/mol. The van der Waals surface area contributed by atoms with Crippen LogP contribution in [0.1, 0.15) is 66.2 Å². The number of aldehydes is 1. The van der Waals surface area contributed by atoms with E-state index in [0.717, 1.165) is 37.8 Å². The number of piperazine rings is 1. The van der Waals surface area contributed by atoms with Crippen LogP contribution >= 0.6 is 0 Å². The van der Waals surface area contributed by atoms with Gasteiger partial charge in [0.25, 0.3) is 0 Å². The molecule has 0 atom stereocenters. The molecule has 1 saturated carbocycles. The molecule has 2 aromatic heterocycles. The molecule has 204 valence electrons. The molecule has 11 heteroatoms. The summed E-state index contributed by atoms with van der Waals surface area (Å²) in [5, 5.41) is 15.5. The minimum Gasteiger partial charge on any atom is -0.384 e. The van der Waals surface area contributed by atoms with Gasteiger partial charge in [0.15, 0.2) is 6.29 Å². The lowest BCUT2D eigenvalue weighted by molar-refractivity contribution is -0.136. The molecule has 2 aliphatic heterocycles. The second-order valence-corrected chi connectivity index (χ2v) is 10.3. The molecule has 1 aliphatic carbocycles. The largest absolute Gasteiger partial charge is 0.384 e.